The molecule has 0 aliphatic carbocycles. The number of nitrogens with zero attached hydrogens (tertiary/aromatic N) is 4. The van der Waals surface area contributed by atoms with Gasteiger partial charge in [0, 0.05) is 33.0 Å². The van der Waals surface area contributed by atoms with Crippen molar-refractivity contribution in [3.63, 3.8) is 0 Å². The Morgan fingerprint density at radius 2 is 0.640 bits per heavy atom. The highest BCUT2D eigenvalue weighted by molar-refractivity contribution is 6.16. The van der Waals surface area contributed by atoms with Crippen molar-refractivity contribution >= 4 is 21.7 Å². The van der Waals surface area contributed by atoms with E-state index in [9.17, 15) is 0 Å². The van der Waals surface area contributed by atoms with E-state index in [1.54, 1.807) is 0 Å². The van der Waals surface area contributed by atoms with E-state index < -0.39 is 0 Å². The topological polar surface area (TPSA) is 51.6 Å². The number of benzene rings is 7. The molecule has 0 atom stereocenters. The van der Waals surface area contributed by atoms with E-state index in [0.29, 0.717) is 17.5 Å². The molecule has 7 aromatic carbocycles. The van der Waals surface area contributed by atoms with Gasteiger partial charge in [0.1, 0.15) is 0 Å². The van der Waals surface area contributed by atoms with Crippen LogP contribution in [0.2, 0.25) is 0 Å². The summed E-state index contributed by atoms with van der Waals surface area (Å²) in [5.41, 5.74) is 10.5. The van der Waals surface area contributed by atoms with E-state index in [1.165, 1.54) is 0 Å². The molecule has 9 rings (SSSR count). The summed E-state index contributed by atoms with van der Waals surface area (Å²) in [6, 6.07) is 62.9. The molecule has 2 aromatic heterocycles. The molecule has 0 amide bonds. The first-order valence-corrected chi connectivity index (χ1v) is 16.7. The molecular weight excluding hydrogens is 609 g/mol. The third kappa shape index (κ3) is 5.49. The maximum absolute atomic E-state index is 5.29. The molecule has 0 spiro atoms. The largest absolute Gasteiger partial charge is 0.247 e. The van der Waals surface area contributed by atoms with Gasteiger partial charge < -0.3 is 0 Å². The Morgan fingerprint density at radius 1 is 0.260 bits per heavy atom. The van der Waals surface area contributed by atoms with Crippen LogP contribution < -0.4 is 0 Å². The van der Waals surface area contributed by atoms with Gasteiger partial charge in [0.15, 0.2) is 17.5 Å². The average Bonchev–Trinajstić information content (AvgIpc) is 3.21. The Morgan fingerprint density at radius 3 is 1.18 bits per heavy atom. The van der Waals surface area contributed by atoms with Gasteiger partial charge in [-0.3, -0.25) is 0 Å². The quantitative estimate of drug-likeness (QED) is 0.170. The van der Waals surface area contributed by atoms with E-state index >= 15 is 0 Å². The zero-order valence-corrected chi connectivity index (χ0v) is 27.1. The van der Waals surface area contributed by atoms with Gasteiger partial charge >= 0.3 is 0 Å². The molecule has 234 valence electrons. The van der Waals surface area contributed by atoms with Gasteiger partial charge in [-0.1, -0.05) is 170 Å². The van der Waals surface area contributed by atoms with Crippen LogP contribution in [0.15, 0.2) is 182 Å². The molecule has 0 radical (unpaired) electrons. The second kappa shape index (κ2) is 12.7. The average molecular weight is 639 g/mol. The number of rotatable bonds is 6. The van der Waals surface area contributed by atoms with Crippen LogP contribution in [0, 0.1) is 0 Å². The van der Waals surface area contributed by atoms with Crippen molar-refractivity contribution < 1.29 is 0 Å². The molecule has 0 bridgehead atoms. The SMILES string of the molecule is c1ccc(-c2cc(-c3ccccc3)c3cc(-c4ccc(-c5nc(-c6ccccc6)nc(-c6ccccc6)n5)cc4)c4ccccc4c3n2)cc1. The molecule has 4 heteroatoms. The first-order chi connectivity index (χ1) is 24.8. The van der Waals surface area contributed by atoms with Gasteiger partial charge in [-0.05, 0) is 39.8 Å². The lowest BCUT2D eigenvalue weighted by Crippen LogP contribution is -2.00. The van der Waals surface area contributed by atoms with E-state index in [4.69, 9.17) is 19.9 Å². The highest BCUT2D eigenvalue weighted by Crippen LogP contribution is 2.40. The van der Waals surface area contributed by atoms with Crippen LogP contribution in [0.4, 0.5) is 0 Å². The van der Waals surface area contributed by atoms with Crippen LogP contribution in [-0.2, 0) is 0 Å². The van der Waals surface area contributed by atoms with Gasteiger partial charge in [0.25, 0.3) is 0 Å². The highest BCUT2D eigenvalue weighted by Gasteiger charge is 2.17. The summed E-state index contributed by atoms with van der Waals surface area (Å²) >= 11 is 0. The van der Waals surface area contributed by atoms with Crippen molar-refractivity contribution in [2.45, 2.75) is 0 Å². The summed E-state index contributed by atoms with van der Waals surface area (Å²) in [6.45, 7) is 0. The van der Waals surface area contributed by atoms with Gasteiger partial charge in [0.2, 0.25) is 0 Å². The Kier molecular flexibility index (Phi) is 7.45. The summed E-state index contributed by atoms with van der Waals surface area (Å²) in [5, 5.41) is 3.39. The maximum Gasteiger partial charge on any atom is 0.164 e. The number of fused-ring (bicyclic) bond motifs is 3. The smallest absolute Gasteiger partial charge is 0.164 e. The van der Waals surface area contributed by atoms with Gasteiger partial charge in [0.05, 0.1) is 11.2 Å². The van der Waals surface area contributed by atoms with E-state index in [0.717, 1.165) is 71.9 Å². The zero-order valence-electron chi connectivity index (χ0n) is 27.1. The lowest BCUT2D eigenvalue weighted by molar-refractivity contribution is 1.07. The first kappa shape index (κ1) is 29.4. The number of pyridine rings is 1. The van der Waals surface area contributed by atoms with Crippen LogP contribution >= 0.6 is 0 Å². The van der Waals surface area contributed by atoms with Crippen molar-refractivity contribution in [1.29, 1.82) is 0 Å². The van der Waals surface area contributed by atoms with Crippen LogP contribution in [0.3, 0.4) is 0 Å². The zero-order chi connectivity index (χ0) is 33.3. The summed E-state index contributed by atoms with van der Waals surface area (Å²) in [6.07, 6.45) is 0. The van der Waals surface area contributed by atoms with Gasteiger partial charge in [-0.2, -0.15) is 0 Å². The second-order valence-corrected chi connectivity index (χ2v) is 12.3. The number of hydrogen-bond acceptors (Lipinski definition) is 4. The first-order valence-electron chi connectivity index (χ1n) is 16.7. The van der Waals surface area contributed by atoms with Gasteiger partial charge in [-0.25, -0.2) is 19.9 Å². The number of hydrogen-bond donors (Lipinski definition) is 0. The predicted molar refractivity (Wildman–Crippen MR) is 205 cm³/mol. The van der Waals surface area contributed by atoms with Crippen LogP contribution in [0.5, 0.6) is 0 Å². The Hall–Kier alpha value is -6.78. The van der Waals surface area contributed by atoms with E-state index in [2.05, 4.69) is 115 Å². The summed E-state index contributed by atoms with van der Waals surface area (Å²) in [4.78, 5) is 20.0. The molecule has 0 fully saturated rings. The van der Waals surface area contributed by atoms with Crippen molar-refractivity contribution in [1.82, 2.24) is 19.9 Å². The lowest BCUT2D eigenvalue weighted by Gasteiger charge is -2.16. The monoisotopic (exact) mass is 638 g/mol. The molecule has 0 N–H and O–H groups in total. The lowest BCUT2D eigenvalue weighted by atomic mass is 9.91. The molecule has 4 nitrogen and oxygen atoms in total. The van der Waals surface area contributed by atoms with Crippen molar-refractivity contribution in [2.24, 2.45) is 0 Å². The molecule has 50 heavy (non-hydrogen) atoms. The molecule has 0 aliphatic rings. The molecule has 0 aliphatic heterocycles. The molecule has 0 saturated carbocycles. The Labute approximate surface area is 290 Å². The fourth-order valence-corrected chi connectivity index (χ4v) is 6.64. The van der Waals surface area contributed by atoms with E-state index in [1.807, 2.05) is 66.7 Å². The summed E-state index contributed by atoms with van der Waals surface area (Å²) in [5.74, 6) is 1.93. The second-order valence-electron chi connectivity index (χ2n) is 12.3. The molecule has 2 heterocycles. The normalized spacial score (nSPS) is 11.2. The van der Waals surface area contributed by atoms with Crippen LogP contribution in [0.1, 0.15) is 0 Å². The van der Waals surface area contributed by atoms with Crippen molar-refractivity contribution in [3.05, 3.63) is 182 Å². The minimum absolute atomic E-state index is 0.636. The molecule has 0 saturated heterocycles. The van der Waals surface area contributed by atoms with Crippen molar-refractivity contribution in [3.8, 4) is 67.7 Å². The van der Waals surface area contributed by atoms with Crippen molar-refractivity contribution in [2.75, 3.05) is 0 Å². The highest BCUT2D eigenvalue weighted by atomic mass is 15.0. The minimum atomic E-state index is 0.636. The molecule has 9 aromatic rings. The Bertz CT molecular complexity index is 2550. The summed E-state index contributed by atoms with van der Waals surface area (Å²) in [7, 11) is 0. The van der Waals surface area contributed by atoms with E-state index in [-0.39, 0.29) is 0 Å². The number of aromatic nitrogens is 4. The maximum atomic E-state index is 5.29. The van der Waals surface area contributed by atoms with Crippen LogP contribution in [0.25, 0.3) is 89.4 Å². The fourth-order valence-electron chi connectivity index (χ4n) is 6.64. The summed E-state index contributed by atoms with van der Waals surface area (Å²) < 4.78 is 0. The molecule has 0 unspecified atom stereocenters. The predicted octanol–water partition coefficient (Wildman–Crippen LogP) is 11.6. The fraction of sp³-hybridized carbons (Fsp3) is 0. The van der Waals surface area contributed by atoms with Gasteiger partial charge in [-0.15, -0.1) is 0 Å². The Balaban J connectivity index is 1.21. The minimum Gasteiger partial charge on any atom is -0.247 e. The van der Waals surface area contributed by atoms with Crippen LogP contribution in [-0.4, -0.2) is 19.9 Å². The third-order valence-electron chi connectivity index (χ3n) is 9.13. The molecular formula is C46H30N4. The third-order valence-corrected chi connectivity index (χ3v) is 9.13. The standard InChI is InChI=1S/C46H30N4/c1-5-15-31(16-6-1)40-30-42(33-17-7-2-8-18-33)47-43-38-24-14-13-23-37(38)39(29-41(40)43)32-25-27-36(28-26-32)46-49-44(34-19-9-3-10-20-34)48-45(50-46)35-21-11-4-12-22-35/h1-30H.